The number of rotatable bonds is 6. The summed E-state index contributed by atoms with van der Waals surface area (Å²) >= 11 is 5.16. The maximum Gasteiger partial charge on any atom is 0.241 e. The fourth-order valence-corrected chi connectivity index (χ4v) is 1.34. The molecule has 1 N–H and O–H groups in total. The zero-order chi connectivity index (χ0) is 12.0. The first kappa shape index (κ1) is 12.7. The Hall–Kier alpha value is -1.36. The van der Waals surface area contributed by atoms with Gasteiger partial charge in [-0.05, 0) is 31.0 Å². The average Bonchev–Trinajstić information content (AvgIpc) is 2.58. The van der Waals surface area contributed by atoms with Gasteiger partial charge in [0.1, 0.15) is 6.54 Å². The maximum atomic E-state index is 11.4. The van der Waals surface area contributed by atoms with Crippen LogP contribution in [0.25, 0.3) is 0 Å². The van der Waals surface area contributed by atoms with Gasteiger partial charge in [0, 0.05) is 19.2 Å². The minimum Gasteiger partial charge on any atom is -0.354 e. The van der Waals surface area contributed by atoms with Crippen LogP contribution < -0.4 is 5.32 Å². The van der Waals surface area contributed by atoms with Crippen molar-refractivity contribution in [1.82, 2.24) is 15.1 Å². The van der Waals surface area contributed by atoms with Gasteiger partial charge < -0.3 is 5.32 Å². The summed E-state index contributed by atoms with van der Waals surface area (Å²) in [6, 6.07) is 1.83. The van der Waals surface area contributed by atoms with E-state index in [-0.39, 0.29) is 24.1 Å². The van der Waals surface area contributed by atoms with Crippen LogP contribution in [-0.2, 0) is 16.1 Å². The normalized spacial score (nSPS) is 10.1. The van der Waals surface area contributed by atoms with Gasteiger partial charge in [0.2, 0.25) is 11.1 Å². The number of carbonyl (C=O) groups excluding carboxylic acids is 2. The quantitative estimate of drug-likeness (QED) is 0.595. The molecule has 0 unspecified atom stereocenters. The molecule has 0 aromatic carbocycles. The Balaban J connectivity index is 2.18. The molecule has 0 aliphatic heterocycles. The molecule has 0 fully saturated rings. The molecule has 1 aromatic rings. The van der Waals surface area contributed by atoms with Gasteiger partial charge in [-0.1, -0.05) is 0 Å². The van der Waals surface area contributed by atoms with Gasteiger partial charge in [-0.3, -0.25) is 14.3 Å². The highest BCUT2D eigenvalue weighted by Gasteiger charge is 2.03. The number of nitrogens with zero attached hydrogens (tertiary/aromatic N) is 2. The van der Waals surface area contributed by atoms with Crippen LogP contribution in [0.1, 0.15) is 18.5 Å². The van der Waals surface area contributed by atoms with Crippen LogP contribution in [0.4, 0.5) is 0 Å². The Morgan fingerprint density at radius 1 is 1.56 bits per heavy atom. The SMILES string of the molecule is Cc1ccn(CC(=O)NCCCC(=O)Cl)n1. The zero-order valence-electron chi connectivity index (χ0n) is 9.07. The Bertz CT molecular complexity index is 376. The number of aromatic nitrogens is 2. The molecule has 0 aliphatic rings. The molecule has 0 bridgehead atoms. The number of carbonyl (C=O) groups is 2. The van der Waals surface area contributed by atoms with Crippen molar-refractivity contribution in [2.45, 2.75) is 26.3 Å². The lowest BCUT2D eigenvalue weighted by Crippen LogP contribution is -2.28. The third kappa shape index (κ3) is 4.93. The summed E-state index contributed by atoms with van der Waals surface area (Å²) in [7, 11) is 0. The minimum absolute atomic E-state index is 0.120. The summed E-state index contributed by atoms with van der Waals surface area (Å²) in [5.74, 6) is -0.120. The fraction of sp³-hybridized carbons (Fsp3) is 0.500. The topological polar surface area (TPSA) is 64.0 Å². The van der Waals surface area contributed by atoms with Crippen molar-refractivity contribution in [1.29, 1.82) is 0 Å². The van der Waals surface area contributed by atoms with Crippen LogP contribution in [0.15, 0.2) is 12.3 Å². The second-order valence-electron chi connectivity index (χ2n) is 3.46. The highest BCUT2D eigenvalue weighted by atomic mass is 35.5. The molecule has 1 rings (SSSR count). The zero-order valence-corrected chi connectivity index (χ0v) is 9.83. The van der Waals surface area contributed by atoms with E-state index in [0.717, 1.165) is 5.69 Å². The van der Waals surface area contributed by atoms with E-state index in [4.69, 9.17) is 11.6 Å². The van der Waals surface area contributed by atoms with Crippen molar-refractivity contribution >= 4 is 22.8 Å². The van der Waals surface area contributed by atoms with Crippen molar-refractivity contribution in [2.75, 3.05) is 6.54 Å². The first-order valence-electron chi connectivity index (χ1n) is 5.03. The van der Waals surface area contributed by atoms with Gasteiger partial charge in [-0.15, -0.1) is 0 Å². The molecule has 0 aliphatic carbocycles. The molecule has 1 amide bonds. The third-order valence-corrected chi connectivity index (χ3v) is 2.14. The van der Waals surface area contributed by atoms with Gasteiger partial charge in [-0.2, -0.15) is 5.10 Å². The molecule has 0 atom stereocenters. The van der Waals surface area contributed by atoms with E-state index in [1.165, 1.54) is 0 Å². The summed E-state index contributed by atoms with van der Waals surface area (Å²) in [4.78, 5) is 21.8. The minimum atomic E-state index is -0.378. The van der Waals surface area contributed by atoms with E-state index in [2.05, 4.69) is 10.4 Å². The van der Waals surface area contributed by atoms with Crippen LogP contribution in [0.2, 0.25) is 0 Å². The van der Waals surface area contributed by atoms with E-state index < -0.39 is 0 Å². The second kappa shape index (κ2) is 6.27. The molecule has 0 saturated heterocycles. The molecule has 88 valence electrons. The van der Waals surface area contributed by atoms with Gasteiger partial charge in [0.15, 0.2) is 0 Å². The number of aryl methyl sites for hydroxylation is 1. The number of amides is 1. The smallest absolute Gasteiger partial charge is 0.241 e. The molecular formula is C10H14ClN3O2. The first-order valence-corrected chi connectivity index (χ1v) is 5.41. The third-order valence-electron chi connectivity index (χ3n) is 1.95. The summed E-state index contributed by atoms with van der Waals surface area (Å²) in [5.41, 5.74) is 0.875. The van der Waals surface area contributed by atoms with E-state index in [9.17, 15) is 9.59 Å². The molecule has 5 nitrogen and oxygen atoms in total. The molecule has 0 spiro atoms. The van der Waals surface area contributed by atoms with E-state index in [0.29, 0.717) is 13.0 Å². The van der Waals surface area contributed by atoms with Crippen LogP contribution in [0.3, 0.4) is 0 Å². The Labute approximate surface area is 98.8 Å². The van der Waals surface area contributed by atoms with Crippen molar-refractivity contribution in [3.05, 3.63) is 18.0 Å². The van der Waals surface area contributed by atoms with Gasteiger partial charge >= 0.3 is 0 Å². The lowest BCUT2D eigenvalue weighted by molar-refractivity contribution is -0.122. The largest absolute Gasteiger partial charge is 0.354 e. The van der Waals surface area contributed by atoms with Gasteiger partial charge in [0.25, 0.3) is 0 Å². The Morgan fingerprint density at radius 2 is 2.31 bits per heavy atom. The van der Waals surface area contributed by atoms with Gasteiger partial charge in [-0.25, -0.2) is 0 Å². The first-order chi connectivity index (χ1) is 7.58. The van der Waals surface area contributed by atoms with E-state index in [1.807, 2.05) is 13.0 Å². The lowest BCUT2D eigenvalue weighted by Gasteiger charge is -2.04. The van der Waals surface area contributed by atoms with E-state index >= 15 is 0 Å². The predicted octanol–water partition coefficient (Wildman–Crippen LogP) is 0.853. The van der Waals surface area contributed by atoms with Crippen LogP contribution in [-0.4, -0.2) is 27.5 Å². The number of halogens is 1. The molecule has 0 saturated carbocycles. The standard InChI is InChI=1S/C10H14ClN3O2/c1-8-4-6-14(13-8)7-10(16)12-5-2-3-9(11)15/h4,6H,2-3,5,7H2,1H3,(H,12,16). The highest BCUT2D eigenvalue weighted by Crippen LogP contribution is 1.94. The monoisotopic (exact) mass is 243 g/mol. The van der Waals surface area contributed by atoms with Crippen LogP contribution >= 0.6 is 11.6 Å². The molecular weight excluding hydrogens is 230 g/mol. The fourth-order valence-electron chi connectivity index (χ4n) is 1.21. The lowest BCUT2D eigenvalue weighted by atomic mass is 10.3. The van der Waals surface area contributed by atoms with Crippen molar-refractivity contribution in [2.24, 2.45) is 0 Å². The Morgan fingerprint density at radius 3 is 2.88 bits per heavy atom. The van der Waals surface area contributed by atoms with Crippen LogP contribution in [0.5, 0.6) is 0 Å². The summed E-state index contributed by atoms with van der Waals surface area (Å²) in [5, 5.41) is 6.40. The maximum absolute atomic E-state index is 11.4. The summed E-state index contributed by atoms with van der Waals surface area (Å²) in [6.45, 7) is 2.51. The predicted molar refractivity (Wildman–Crippen MR) is 60.1 cm³/mol. The van der Waals surface area contributed by atoms with Crippen molar-refractivity contribution in [3.8, 4) is 0 Å². The molecule has 16 heavy (non-hydrogen) atoms. The summed E-state index contributed by atoms with van der Waals surface area (Å²) in [6.07, 6.45) is 2.59. The molecule has 6 heteroatoms. The van der Waals surface area contributed by atoms with Crippen LogP contribution in [0, 0.1) is 6.92 Å². The number of hydrogen-bond donors (Lipinski definition) is 1. The second-order valence-corrected chi connectivity index (χ2v) is 3.88. The number of nitrogens with one attached hydrogen (secondary N) is 1. The van der Waals surface area contributed by atoms with Crippen molar-refractivity contribution in [3.63, 3.8) is 0 Å². The average molecular weight is 244 g/mol. The Kier molecular flexibility index (Phi) is 4.98. The molecule has 0 radical (unpaired) electrons. The highest BCUT2D eigenvalue weighted by molar-refractivity contribution is 6.63. The number of hydrogen-bond acceptors (Lipinski definition) is 3. The molecule has 1 heterocycles. The van der Waals surface area contributed by atoms with E-state index in [1.54, 1.807) is 10.9 Å². The van der Waals surface area contributed by atoms with Gasteiger partial charge in [0.05, 0.1) is 5.69 Å². The molecule has 1 aromatic heterocycles. The van der Waals surface area contributed by atoms with Crippen molar-refractivity contribution < 1.29 is 9.59 Å². The summed E-state index contributed by atoms with van der Waals surface area (Å²) < 4.78 is 1.57.